The van der Waals surface area contributed by atoms with E-state index >= 15 is 0 Å². The molecule has 0 aliphatic rings. The topological polar surface area (TPSA) is 50.1 Å². The van der Waals surface area contributed by atoms with Crippen LogP contribution in [-0.4, -0.2) is 28.0 Å². The van der Waals surface area contributed by atoms with Crippen LogP contribution in [0.1, 0.15) is 37.2 Å². The van der Waals surface area contributed by atoms with Crippen LogP contribution in [-0.2, 0) is 6.54 Å². The smallest absolute Gasteiger partial charge is 0.123 e. The highest BCUT2D eigenvalue weighted by molar-refractivity contribution is 5.37. The molecule has 0 amide bonds. The van der Waals surface area contributed by atoms with Crippen molar-refractivity contribution in [2.75, 3.05) is 13.2 Å². The molecule has 1 aromatic heterocycles. The lowest BCUT2D eigenvalue weighted by atomic mass is 9.90. The third-order valence-corrected chi connectivity index (χ3v) is 4.21. The van der Waals surface area contributed by atoms with E-state index in [0.717, 1.165) is 42.1 Å². The minimum absolute atomic E-state index is 0.0590. The Kier molecular flexibility index (Phi) is 5.55. The second kappa shape index (κ2) is 7.23. The molecule has 1 heterocycles. The number of aliphatic hydroxyl groups excluding tert-OH is 1. The lowest BCUT2D eigenvalue weighted by Gasteiger charge is -2.24. The Morgan fingerprint density at radius 2 is 1.87 bits per heavy atom. The van der Waals surface area contributed by atoms with Crippen molar-refractivity contribution in [2.24, 2.45) is 5.41 Å². The van der Waals surface area contributed by atoms with Crippen molar-refractivity contribution in [1.82, 2.24) is 15.1 Å². The average molecular weight is 319 g/mol. The third-order valence-electron chi connectivity index (χ3n) is 4.21. The number of benzene rings is 1. The standard InChI is InChI=1S/C18H26FN3O/c1-13-17(11-20-12-18(3,4)9-10-23)14(2)22(21-13)16-7-5-15(19)6-8-16/h5-8,20,23H,9-12H2,1-4H3. The number of halogens is 1. The molecule has 0 aliphatic heterocycles. The lowest BCUT2D eigenvalue weighted by molar-refractivity contribution is 0.207. The van der Waals surface area contributed by atoms with Crippen molar-refractivity contribution in [3.05, 3.63) is 47.0 Å². The van der Waals surface area contributed by atoms with Crippen LogP contribution in [0, 0.1) is 25.1 Å². The van der Waals surface area contributed by atoms with Gasteiger partial charge < -0.3 is 10.4 Å². The first kappa shape index (κ1) is 17.6. The van der Waals surface area contributed by atoms with E-state index in [1.807, 2.05) is 18.5 Å². The maximum atomic E-state index is 13.1. The summed E-state index contributed by atoms with van der Waals surface area (Å²) in [7, 11) is 0. The molecule has 0 saturated carbocycles. The Hall–Kier alpha value is -1.72. The first-order valence-corrected chi connectivity index (χ1v) is 7.97. The van der Waals surface area contributed by atoms with Gasteiger partial charge in [0.1, 0.15) is 5.82 Å². The second-order valence-corrected chi connectivity index (χ2v) is 6.78. The molecule has 2 N–H and O–H groups in total. The summed E-state index contributed by atoms with van der Waals surface area (Å²) in [5.41, 5.74) is 4.11. The lowest BCUT2D eigenvalue weighted by Crippen LogP contribution is -2.30. The summed E-state index contributed by atoms with van der Waals surface area (Å²) < 4.78 is 14.9. The monoisotopic (exact) mass is 319 g/mol. The van der Waals surface area contributed by atoms with Gasteiger partial charge in [0.25, 0.3) is 0 Å². The number of aryl methyl sites for hydroxylation is 1. The summed E-state index contributed by atoms with van der Waals surface area (Å²) in [6.07, 6.45) is 0.771. The van der Waals surface area contributed by atoms with Gasteiger partial charge >= 0.3 is 0 Å². The molecule has 5 heteroatoms. The van der Waals surface area contributed by atoms with E-state index in [1.54, 1.807) is 12.1 Å². The fourth-order valence-corrected chi connectivity index (χ4v) is 2.68. The Bertz CT molecular complexity index is 647. The van der Waals surface area contributed by atoms with Crippen LogP contribution in [0.4, 0.5) is 4.39 Å². The number of aromatic nitrogens is 2. The summed E-state index contributed by atoms with van der Waals surface area (Å²) in [5.74, 6) is -0.247. The summed E-state index contributed by atoms with van der Waals surface area (Å²) in [5, 5.41) is 17.1. The highest BCUT2D eigenvalue weighted by Gasteiger charge is 2.18. The second-order valence-electron chi connectivity index (χ2n) is 6.78. The quantitative estimate of drug-likeness (QED) is 0.824. The zero-order valence-electron chi connectivity index (χ0n) is 14.4. The van der Waals surface area contributed by atoms with Gasteiger partial charge in [0, 0.05) is 31.0 Å². The molecule has 1 aromatic carbocycles. The molecule has 0 unspecified atom stereocenters. The Morgan fingerprint density at radius 3 is 2.48 bits per heavy atom. The van der Waals surface area contributed by atoms with Crippen molar-refractivity contribution in [3.8, 4) is 5.69 Å². The molecule has 126 valence electrons. The van der Waals surface area contributed by atoms with Crippen LogP contribution in [0.5, 0.6) is 0 Å². The van der Waals surface area contributed by atoms with Crippen molar-refractivity contribution in [1.29, 1.82) is 0 Å². The molecule has 0 saturated heterocycles. The first-order chi connectivity index (χ1) is 10.8. The van der Waals surface area contributed by atoms with Gasteiger partial charge in [-0.2, -0.15) is 5.10 Å². The largest absolute Gasteiger partial charge is 0.396 e. The predicted octanol–water partition coefficient (Wildman–Crippen LogP) is 3.13. The van der Waals surface area contributed by atoms with Gasteiger partial charge in [-0.05, 0) is 49.9 Å². The Morgan fingerprint density at radius 1 is 1.22 bits per heavy atom. The average Bonchev–Trinajstić information content (AvgIpc) is 2.76. The van der Waals surface area contributed by atoms with E-state index in [2.05, 4.69) is 24.3 Å². The van der Waals surface area contributed by atoms with E-state index in [9.17, 15) is 4.39 Å². The fraction of sp³-hybridized carbons (Fsp3) is 0.500. The predicted molar refractivity (Wildman–Crippen MR) is 90.2 cm³/mol. The van der Waals surface area contributed by atoms with E-state index in [4.69, 9.17) is 5.11 Å². The third kappa shape index (κ3) is 4.39. The Balaban J connectivity index is 2.10. The van der Waals surface area contributed by atoms with Crippen molar-refractivity contribution < 1.29 is 9.50 Å². The van der Waals surface area contributed by atoms with E-state index in [-0.39, 0.29) is 17.8 Å². The minimum Gasteiger partial charge on any atom is -0.396 e. The molecule has 2 rings (SSSR count). The highest BCUT2D eigenvalue weighted by Crippen LogP contribution is 2.20. The van der Waals surface area contributed by atoms with Crippen LogP contribution < -0.4 is 5.32 Å². The maximum absolute atomic E-state index is 13.1. The molecule has 0 spiro atoms. The molecule has 0 bridgehead atoms. The molecule has 2 aromatic rings. The zero-order valence-corrected chi connectivity index (χ0v) is 14.4. The molecule has 0 aliphatic carbocycles. The van der Waals surface area contributed by atoms with Crippen LogP contribution in [0.25, 0.3) is 5.69 Å². The van der Waals surface area contributed by atoms with Gasteiger partial charge in [-0.25, -0.2) is 9.07 Å². The van der Waals surface area contributed by atoms with Crippen molar-refractivity contribution in [3.63, 3.8) is 0 Å². The van der Waals surface area contributed by atoms with Crippen molar-refractivity contribution in [2.45, 2.75) is 40.7 Å². The van der Waals surface area contributed by atoms with Crippen LogP contribution in [0.15, 0.2) is 24.3 Å². The van der Waals surface area contributed by atoms with Crippen molar-refractivity contribution >= 4 is 0 Å². The molecule has 0 atom stereocenters. The summed E-state index contributed by atoms with van der Waals surface area (Å²) >= 11 is 0. The molecule has 0 fully saturated rings. The SMILES string of the molecule is Cc1nn(-c2ccc(F)cc2)c(C)c1CNCC(C)(C)CCO. The summed E-state index contributed by atoms with van der Waals surface area (Å²) in [4.78, 5) is 0. The Labute approximate surface area is 137 Å². The van der Waals surface area contributed by atoms with Crippen LogP contribution >= 0.6 is 0 Å². The van der Waals surface area contributed by atoms with Gasteiger partial charge in [0.05, 0.1) is 11.4 Å². The van der Waals surface area contributed by atoms with Gasteiger partial charge in [0.15, 0.2) is 0 Å². The zero-order chi connectivity index (χ0) is 17.0. The number of aliphatic hydroxyl groups is 1. The molecular weight excluding hydrogens is 293 g/mol. The molecule has 23 heavy (non-hydrogen) atoms. The number of hydrogen-bond acceptors (Lipinski definition) is 3. The van der Waals surface area contributed by atoms with E-state index in [0.29, 0.717) is 0 Å². The number of nitrogens with zero attached hydrogens (tertiary/aromatic N) is 2. The van der Waals surface area contributed by atoms with E-state index < -0.39 is 0 Å². The molecule has 0 radical (unpaired) electrons. The fourth-order valence-electron chi connectivity index (χ4n) is 2.68. The summed E-state index contributed by atoms with van der Waals surface area (Å²) in [6.45, 7) is 10.1. The van der Waals surface area contributed by atoms with Gasteiger partial charge in [-0.15, -0.1) is 0 Å². The van der Waals surface area contributed by atoms with Gasteiger partial charge in [-0.3, -0.25) is 0 Å². The van der Waals surface area contributed by atoms with Crippen LogP contribution in [0.2, 0.25) is 0 Å². The first-order valence-electron chi connectivity index (χ1n) is 7.97. The molecule has 4 nitrogen and oxygen atoms in total. The minimum atomic E-state index is -0.247. The maximum Gasteiger partial charge on any atom is 0.123 e. The van der Waals surface area contributed by atoms with E-state index in [1.165, 1.54) is 12.1 Å². The number of hydrogen-bond donors (Lipinski definition) is 2. The van der Waals surface area contributed by atoms with Gasteiger partial charge in [-0.1, -0.05) is 13.8 Å². The van der Waals surface area contributed by atoms with Crippen LogP contribution in [0.3, 0.4) is 0 Å². The normalized spacial score (nSPS) is 11.9. The van der Waals surface area contributed by atoms with Gasteiger partial charge in [0.2, 0.25) is 0 Å². The number of nitrogens with one attached hydrogen (secondary N) is 1. The number of rotatable bonds is 7. The highest BCUT2D eigenvalue weighted by atomic mass is 19.1. The molecular formula is C18H26FN3O. The summed E-state index contributed by atoms with van der Waals surface area (Å²) in [6, 6.07) is 6.36.